The molecule has 1 aliphatic heterocycles. The summed E-state index contributed by atoms with van der Waals surface area (Å²) in [5.74, 6) is 0.855. The third kappa shape index (κ3) is 2.35. The lowest BCUT2D eigenvalue weighted by atomic mass is 10.1. The van der Waals surface area contributed by atoms with E-state index in [9.17, 15) is 5.11 Å². The van der Waals surface area contributed by atoms with Crippen LogP contribution in [0.5, 0.6) is 5.75 Å². The first kappa shape index (κ1) is 13.3. The minimum absolute atomic E-state index is 0.0323. The van der Waals surface area contributed by atoms with E-state index in [1.165, 1.54) is 0 Å². The van der Waals surface area contributed by atoms with E-state index in [2.05, 4.69) is 4.90 Å². The van der Waals surface area contributed by atoms with Crippen molar-refractivity contribution >= 4 is 23.0 Å². The standard InChI is InChI=1S/C16H16ClNO2/c17-13-6-3-5-12(11-19)16(13)18-9-4-10-20-15-8-2-1-7-14(15)18/h1-3,5-8,19H,4,9-11H2. The second-order valence-electron chi connectivity index (χ2n) is 4.73. The Labute approximate surface area is 123 Å². The molecule has 0 atom stereocenters. The van der Waals surface area contributed by atoms with Gasteiger partial charge in [0.1, 0.15) is 5.75 Å². The van der Waals surface area contributed by atoms with Crippen LogP contribution < -0.4 is 9.64 Å². The van der Waals surface area contributed by atoms with Gasteiger partial charge >= 0.3 is 0 Å². The van der Waals surface area contributed by atoms with Gasteiger partial charge < -0.3 is 14.7 Å². The summed E-state index contributed by atoms with van der Waals surface area (Å²) in [6.45, 7) is 1.47. The SMILES string of the molecule is OCc1cccc(Cl)c1N1CCCOc2ccccc21. The van der Waals surface area contributed by atoms with Gasteiger partial charge in [-0.3, -0.25) is 0 Å². The summed E-state index contributed by atoms with van der Waals surface area (Å²) in [6.07, 6.45) is 0.908. The van der Waals surface area contributed by atoms with Crippen LogP contribution in [0, 0.1) is 0 Å². The first-order valence-electron chi connectivity index (χ1n) is 6.69. The number of nitrogens with zero attached hydrogens (tertiary/aromatic N) is 1. The molecular formula is C16H16ClNO2. The van der Waals surface area contributed by atoms with Crippen LogP contribution in [-0.2, 0) is 6.61 Å². The monoisotopic (exact) mass is 289 g/mol. The maximum Gasteiger partial charge on any atom is 0.142 e. The molecule has 0 saturated heterocycles. The van der Waals surface area contributed by atoms with Crippen molar-refractivity contribution < 1.29 is 9.84 Å². The van der Waals surface area contributed by atoms with Gasteiger partial charge in [-0.05, 0) is 24.6 Å². The van der Waals surface area contributed by atoms with Gasteiger partial charge in [0.05, 0.1) is 29.6 Å². The molecule has 1 aliphatic rings. The van der Waals surface area contributed by atoms with Crippen molar-refractivity contribution in [1.82, 2.24) is 0 Å². The molecule has 0 saturated carbocycles. The van der Waals surface area contributed by atoms with Crippen molar-refractivity contribution in [3.8, 4) is 5.75 Å². The van der Waals surface area contributed by atoms with E-state index in [4.69, 9.17) is 16.3 Å². The van der Waals surface area contributed by atoms with Crippen LogP contribution >= 0.6 is 11.6 Å². The van der Waals surface area contributed by atoms with Crippen LogP contribution in [-0.4, -0.2) is 18.3 Å². The molecule has 20 heavy (non-hydrogen) atoms. The highest BCUT2D eigenvalue weighted by molar-refractivity contribution is 6.33. The molecule has 0 aromatic heterocycles. The number of fused-ring (bicyclic) bond motifs is 1. The molecule has 3 rings (SSSR count). The van der Waals surface area contributed by atoms with Crippen LogP contribution in [0.1, 0.15) is 12.0 Å². The third-order valence-corrected chi connectivity index (χ3v) is 3.76. The first-order chi connectivity index (χ1) is 9.81. The van der Waals surface area contributed by atoms with E-state index < -0.39 is 0 Å². The highest BCUT2D eigenvalue weighted by atomic mass is 35.5. The lowest BCUT2D eigenvalue weighted by Crippen LogP contribution is -2.19. The molecule has 0 radical (unpaired) electrons. The van der Waals surface area contributed by atoms with Gasteiger partial charge in [-0.15, -0.1) is 0 Å². The van der Waals surface area contributed by atoms with Crippen molar-refractivity contribution in [3.05, 3.63) is 53.1 Å². The average Bonchev–Trinajstić information content (AvgIpc) is 2.69. The van der Waals surface area contributed by atoms with Gasteiger partial charge in [0.15, 0.2) is 0 Å². The smallest absolute Gasteiger partial charge is 0.142 e. The first-order valence-corrected chi connectivity index (χ1v) is 7.06. The Kier molecular flexibility index (Phi) is 3.81. The number of anilines is 2. The fraction of sp³-hybridized carbons (Fsp3) is 0.250. The highest BCUT2D eigenvalue weighted by Gasteiger charge is 2.21. The minimum Gasteiger partial charge on any atom is -0.491 e. The van der Waals surface area contributed by atoms with Crippen LogP contribution in [0.2, 0.25) is 5.02 Å². The predicted octanol–water partition coefficient (Wildman–Crippen LogP) is 3.75. The van der Waals surface area contributed by atoms with Crippen LogP contribution in [0.25, 0.3) is 0 Å². The summed E-state index contributed by atoms with van der Waals surface area (Å²) in [7, 11) is 0. The number of aliphatic hydroxyl groups is 1. The average molecular weight is 290 g/mol. The number of hydrogen-bond acceptors (Lipinski definition) is 3. The van der Waals surface area contributed by atoms with Crippen molar-refractivity contribution in [2.24, 2.45) is 0 Å². The largest absolute Gasteiger partial charge is 0.491 e. The zero-order valence-corrected chi connectivity index (χ0v) is 11.8. The molecule has 1 N–H and O–H groups in total. The van der Waals surface area contributed by atoms with Crippen molar-refractivity contribution in [1.29, 1.82) is 0 Å². The van der Waals surface area contributed by atoms with Gasteiger partial charge in [-0.1, -0.05) is 35.9 Å². The molecule has 0 fully saturated rings. The molecule has 0 aliphatic carbocycles. The quantitative estimate of drug-likeness (QED) is 0.914. The fourth-order valence-corrected chi connectivity index (χ4v) is 2.85. The summed E-state index contributed by atoms with van der Waals surface area (Å²) in [6, 6.07) is 13.5. The third-order valence-electron chi connectivity index (χ3n) is 3.45. The molecule has 4 heteroatoms. The Bertz CT molecular complexity index is 615. The van der Waals surface area contributed by atoms with E-state index in [-0.39, 0.29) is 6.61 Å². The van der Waals surface area contributed by atoms with Gasteiger partial charge in [0.25, 0.3) is 0 Å². The van der Waals surface area contributed by atoms with Crippen LogP contribution in [0.15, 0.2) is 42.5 Å². The van der Waals surface area contributed by atoms with Crippen molar-refractivity contribution in [3.63, 3.8) is 0 Å². The number of rotatable bonds is 2. The van der Waals surface area contributed by atoms with E-state index in [0.717, 1.165) is 35.7 Å². The number of hydrogen-bond donors (Lipinski definition) is 1. The highest BCUT2D eigenvalue weighted by Crippen LogP contribution is 2.40. The number of halogens is 1. The maximum absolute atomic E-state index is 9.58. The lowest BCUT2D eigenvalue weighted by molar-refractivity contribution is 0.282. The second-order valence-corrected chi connectivity index (χ2v) is 5.13. The molecular weight excluding hydrogens is 274 g/mol. The Morgan fingerprint density at radius 3 is 2.85 bits per heavy atom. The summed E-state index contributed by atoms with van der Waals surface area (Å²) >= 11 is 6.37. The summed E-state index contributed by atoms with van der Waals surface area (Å²) in [4.78, 5) is 2.14. The Hall–Kier alpha value is -1.71. The van der Waals surface area contributed by atoms with Gasteiger partial charge in [-0.25, -0.2) is 0 Å². The molecule has 3 nitrogen and oxygen atoms in total. The number of para-hydroxylation sites is 3. The molecule has 0 unspecified atom stereocenters. The summed E-state index contributed by atoms with van der Waals surface area (Å²) in [5.41, 5.74) is 2.69. The Morgan fingerprint density at radius 1 is 1.15 bits per heavy atom. The second kappa shape index (κ2) is 5.73. The number of ether oxygens (including phenoxy) is 1. The fourth-order valence-electron chi connectivity index (χ4n) is 2.55. The Balaban J connectivity index is 2.15. The van der Waals surface area contributed by atoms with Crippen LogP contribution in [0.3, 0.4) is 0 Å². The van der Waals surface area contributed by atoms with E-state index in [1.54, 1.807) is 0 Å². The van der Waals surface area contributed by atoms with Crippen LogP contribution in [0.4, 0.5) is 11.4 Å². The number of benzene rings is 2. The predicted molar refractivity (Wildman–Crippen MR) is 80.9 cm³/mol. The van der Waals surface area contributed by atoms with Crippen molar-refractivity contribution in [2.45, 2.75) is 13.0 Å². The van der Waals surface area contributed by atoms with Gasteiger partial charge in [-0.2, -0.15) is 0 Å². The van der Waals surface area contributed by atoms with E-state index in [1.807, 2.05) is 42.5 Å². The molecule has 2 aromatic carbocycles. The molecule has 104 valence electrons. The molecule has 0 spiro atoms. The zero-order valence-electron chi connectivity index (χ0n) is 11.1. The molecule has 1 heterocycles. The molecule has 0 bridgehead atoms. The Morgan fingerprint density at radius 2 is 2.00 bits per heavy atom. The minimum atomic E-state index is -0.0323. The van der Waals surface area contributed by atoms with Crippen molar-refractivity contribution in [2.75, 3.05) is 18.1 Å². The summed E-state index contributed by atoms with van der Waals surface area (Å²) < 4.78 is 5.77. The maximum atomic E-state index is 9.58. The lowest BCUT2D eigenvalue weighted by Gasteiger charge is -2.27. The zero-order chi connectivity index (χ0) is 13.9. The molecule has 2 aromatic rings. The summed E-state index contributed by atoms with van der Waals surface area (Å²) in [5, 5.41) is 10.2. The normalized spacial score (nSPS) is 14.4. The number of aliphatic hydroxyl groups excluding tert-OH is 1. The van der Waals surface area contributed by atoms with Gasteiger partial charge in [0, 0.05) is 12.1 Å². The molecule has 0 amide bonds. The van der Waals surface area contributed by atoms with E-state index >= 15 is 0 Å². The van der Waals surface area contributed by atoms with E-state index in [0.29, 0.717) is 11.6 Å². The topological polar surface area (TPSA) is 32.7 Å². The van der Waals surface area contributed by atoms with Gasteiger partial charge in [0.2, 0.25) is 0 Å².